The van der Waals surface area contributed by atoms with Crippen molar-refractivity contribution in [2.75, 3.05) is 17.7 Å². The number of anilines is 2. The van der Waals surface area contributed by atoms with E-state index in [1.165, 1.54) is 7.05 Å². The third-order valence-corrected chi connectivity index (χ3v) is 4.04. The molecule has 0 spiro atoms. The Labute approximate surface area is 166 Å². The summed E-state index contributed by atoms with van der Waals surface area (Å²) in [7, 11) is 1.53. The smallest absolute Gasteiger partial charge is 0.318 e. The number of halogens is 1. The number of nitrogens with one attached hydrogen (secondary N) is 3. The molecule has 3 rings (SSSR count). The van der Waals surface area contributed by atoms with Gasteiger partial charge in [-0.15, -0.1) is 0 Å². The molecule has 3 aromatic rings. The molecule has 1 aromatic heterocycles. The van der Waals surface area contributed by atoms with Crippen molar-refractivity contribution >= 4 is 34.9 Å². The van der Waals surface area contributed by atoms with Crippen LogP contribution in [0.4, 0.5) is 16.2 Å². The van der Waals surface area contributed by atoms with Gasteiger partial charge in [0, 0.05) is 41.9 Å². The maximum absolute atomic E-state index is 12.1. The lowest BCUT2D eigenvalue weighted by Crippen LogP contribution is -2.24. The summed E-state index contributed by atoms with van der Waals surface area (Å²) in [5, 5.41) is 12.4. The molecular formula is C19H18ClN5O3. The Bertz CT molecular complexity index is 954. The molecule has 0 unspecified atom stereocenters. The van der Waals surface area contributed by atoms with E-state index >= 15 is 0 Å². The summed E-state index contributed by atoms with van der Waals surface area (Å²) < 4.78 is 5.19. The zero-order valence-corrected chi connectivity index (χ0v) is 15.8. The van der Waals surface area contributed by atoms with E-state index < -0.39 is 0 Å². The Hall–Kier alpha value is -3.39. The van der Waals surface area contributed by atoms with Crippen LogP contribution in [-0.4, -0.2) is 29.1 Å². The molecule has 0 aliphatic carbocycles. The van der Waals surface area contributed by atoms with Crippen molar-refractivity contribution in [2.45, 2.75) is 12.8 Å². The number of urea groups is 1. The molecule has 0 aliphatic heterocycles. The lowest BCUT2D eigenvalue weighted by molar-refractivity contribution is -0.116. The molecule has 9 heteroatoms. The van der Waals surface area contributed by atoms with Crippen molar-refractivity contribution in [2.24, 2.45) is 0 Å². The van der Waals surface area contributed by atoms with Crippen LogP contribution in [0.1, 0.15) is 12.3 Å². The number of aryl methyl sites for hydroxylation is 1. The van der Waals surface area contributed by atoms with Crippen LogP contribution in [0.5, 0.6) is 0 Å². The number of aromatic nitrogens is 2. The van der Waals surface area contributed by atoms with Crippen molar-refractivity contribution in [3.8, 4) is 11.4 Å². The van der Waals surface area contributed by atoms with Gasteiger partial charge in [-0.25, -0.2) is 4.79 Å². The monoisotopic (exact) mass is 399 g/mol. The second kappa shape index (κ2) is 9.01. The molecule has 1 heterocycles. The first-order valence-corrected chi connectivity index (χ1v) is 8.88. The molecule has 0 saturated carbocycles. The van der Waals surface area contributed by atoms with Gasteiger partial charge in [0.2, 0.25) is 17.6 Å². The Morgan fingerprint density at radius 2 is 1.64 bits per heavy atom. The zero-order chi connectivity index (χ0) is 19.9. The third-order valence-electron chi connectivity index (χ3n) is 3.79. The summed E-state index contributed by atoms with van der Waals surface area (Å²) in [4.78, 5) is 27.7. The maximum Gasteiger partial charge on any atom is 0.318 e. The fourth-order valence-electron chi connectivity index (χ4n) is 2.35. The highest BCUT2D eigenvalue weighted by molar-refractivity contribution is 6.30. The van der Waals surface area contributed by atoms with Crippen molar-refractivity contribution in [3.05, 3.63) is 59.4 Å². The summed E-state index contributed by atoms with van der Waals surface area (Å²) in [5.74, 6) is 0.648. The van der Waals surface area contributed by atoms with Crippen LogP contribution in [-0.2, 0) is 11.2 Å². The van der Waals surface area contributed by atoms with Gasteiger partial charge in [0.15, 0.2) is 0 Å². The number of carbonyl (C=O) groups excluding carboxylic acids is 2. The van der Waals surface area contributed by atoms with E-state index in [0.717, 1.165) is 5.56 Å². The first kappa shape index (κ1) is 19.4. The first-order chi connectivity index (χ1) is 13.5. The number of benzene rings is 2. The fraction of sp³-hybridized carbons (Fsp3) is 0.158. The van der Waals surface area contributed by atoms with E-state index in [2.05, 4.69) is 26.1 Å². The molecular weight excluding hydrogens is 382 g/mol. The highest BCUT2D eigenvalue weighted by atomic mass is 35.5. The van der Waals surface area contributed by atoms with Gasteiger partial charge in [-0.3, -0.25) is 4.79 Å². The van der Waals surface area contributed by atoms with E-state index in [4.69, 9.17) is 16.1 Å². The summed E-state index contributed by atoms with van der Waals surface area (Å²) in [5.41, 5.74) is 2.03. The topological polar surface area (TPSA) is 109 Å². The van der Waals surface area contributed by atoms with Gasteiger partial charge in [0.25, 0.3) is 0 Å². The molecule has 0 fully saturated rings. The Kier molecular flexibility index (Phi) is 6.23. The van der Waals surface area contributed by atoms with Gasteiger partial charge < -0.3 is 20.5 Å². The molecule has 0 bridgehead atoms. The average Bonchev–Trinajstić information content (AvgIpc) is 3.17. The van der Waals surface area contributed by atoms with Crippen LogP contribution in [0, 0.1) is 0 Å². The normalized spacial score (nSPS) is 10.4. The fourth-order valence-corrected chi connectivity index (χ4v) is 2.47. The number of rotatable bonds is 6. The van der Waals surface area contributed by atoms with Crippen LogP contribution in [0.15, 0.2) is 53.1 Å². The quantitative estimate of drug-likeness (QED) is 0.585. The van der Waals surface area contributed by atoms with Crippen LogP contribution in [0.2, 0.25) is 5.02 Å². The van der Waals surface area contributed by atoms with Crippen molar-refractivity contribution < 1.29 is 14.1 Å². The van der Waals surface area contributed by atoms with Crippen molar-refractivity contribution in [1.29, 1.82) is 0 Å². The summed E-state index contributed by atoms with van der Waals surface area (Å²) in [6, 6.07) is 13.6. The largest absolute Gasteiger partial charge is 0.341 e. The molecule has 144 valence electrons. The van der Waals surface area contributed by atoms with Gasteiger partial charge in [0.05, 0.1) is 0 Å². The Morgan fingerprint density at radius 3 is 2.29 bits per heavy atom. The van der Waals surface area contributed by atoms with Crippen LogP contribution >= 0.6 is 11.6 Å². The number of nitrogens with zero attached hydrogens (tertiary/aromatic N) is 2. The van der Waals surface area contributed by atoms with Crippen LogP contribution in [0.3, 0.4) is 0 Å². The highest BCUT2D eigenvalue weighted by Gasteiger charge is 2.11. The number of hydrogen-bond acceptors (Lipinski definition) is 5. The molecule has 8 nitrogen and oxygen atoms in total. The molecule has 0 aliphatic rings. The SMILES string of the molecule is CNC(=O)Nc1ccc(NC(=O)CCc2nc(-c3ccc(Cl)cc3)no2)cc1. The predicted octanol–water partition coefficient (Wildman–Crippen LogP) is 3.71. The molecule has 0 saturated heterocycles. The minimum absolute atomic E-state index is 0.182. The van der Waals surface area contributed by atoms with Crippen LogP contribution < -0.4 is 16.0 Å². The van der Waals surface area contributed by atoms with Gasteiger partial charge >= 0.3 is 6.03 Å². The van der Waals surface area contributed by atoms with E-state index in [1.807, 2.05) is 0 Å². The molecule has 0 atom stereocenters. The van der Waals surface area contributed by atoms with Crippen molar-refractivity contribution in [1.82, 2.24) is 15.5 Å². The van der Waals surface area contributed by atoms with Gasteiger partial charge in [-0.2, -0.15) is 4.98 Å². The van der Waals surface area contributed by atoms with E-state index in [9.17, 15) is 9.59 Å². The van der Waals surface area contributed by atoms with E-state index in [-0.39, 0.29) is 18.4 Å². The lowest BCUT2D eigenvalue weighted by atomic mass is 10.2. The Balaban J connectivity index is 1.50. The van der Waals surface area contributed by atoms with E-state index in [1.54, 1.807) is 48.5 Å². The van der Waals surface area contributed by atoms with Crippen molar-refractivity contribution in [3.63, 3.8) is 0 Å². The standard InChI is InChI=1S/C19H18ClN5O3/c1-21-19(27)23-15-8-6-14(7-9-15)22-16(26)10-11-17-24-18(25-28-17)12-2-4-13(20)5-3-12/h2-9H,10-11H2,1H3,(H,22,26)(H2,21,23,27). The first-order valence-electron chi connectivity index (χ1n) is 8.50. The summed E-state index contributed by atoms with van der Waals surface area (Å²) in [6.45, 7) is 0. The van der Waals surface area contributed by atoms with Gasteiger partial charge in [-0.1, -0.05) is 16.8 Å². The van der Waals surface area contributed by atoms with Crippen LogP contribution in [0.25, 0.3) is 11.4 Å². The number of hydrogen-bond donors (Lipinski definition) is 3. The molecule has 28 heavy (non-hydrogen) atoms. The minimum atomic E-state index is -0.311. The van der Waals surface area contributed by atoms with Gasteiger partial charge in [-0.05, 0) is 48.5 Å². The molecule has 0 radical (unpaired) electrons. The molecule has 2 aromatic carbocycles. The molecule has 3 amide bonds. The lowest BCUT2D eigenvalue weighted by Gasteiger charge is -2.07. The predicted molar refractivity (Wildman–Crippen MR) is 106 cm³/mol. The second-order valence-electron chi connectivity index (χ2n) is 5.85. The van der Waals surface area contributed by atoms with Gasteiger partial charge in [0.1, 0.15) is 0 Å². The Morgan fingerprint density at radius 1 is 1.00 bits per heavy atom. The second-order valence-corrected chi connectivity index (χ2v) is 6.28. The summed E-state index contributed by atoms with van der Waals surface area (Å²) >= 11 is 5.86. The zero-order valence-electron chi connectivity index (χ0n) is 15.0. The number of amides is 3. The van der Waals surface area contributed by atoms with E-state index in [0.29, 0.717) is 34.5 Å². The maximum atomic E-state index is 12.1. The highest BCUT2D eigenvalue weighted by Crippen LogP contribution is 2.19. The third kappa shape index (κ3) is 5.31. The summed E-state index contributed by atoms with van der Waals surface area (Å²) in [6.07, 6.45) is 0.517. The molecule has 3 N–H and O–H groups in total. The average molecular weight is 400 g/mol. The minimum Gasteiger partial charge on any atom is -0.341 e. The number of carbonyl (C=O) groups is 2.